The van der Waals surface area contributed by atoms with E-state index in [9.17, 15) is 5.48 Å². The zero-order valence-corrected chi connectivity index (χ0v) is 38.6. The minimum absolute atomic E-state index is 0.0279. The molecule has 10 aromatic rings. The Morgan fingerprint density at radius 3 is 1.30 bits per heavy atom. The standard InChI is InChI=1S/C65H56N2/c1-63(2,3)45-31-35-51(36-32-45)66(49-25-15-9-16-26-49)53-39-41-57-59(43-53)55-29-19-20-30-56(55)61-58-42-40-54(67(50-27-17-10-18-28-50)52-37-33-46(34-38-52)64(4,5)6)44-60(58)65(62(57)61,47-21-11-7-12-22-47)48-23-13-8-14-24-48/h7-44H,1-6H3/i9D,10D,15D,16D,17D,18D,25D,26D,27D,28D. The lowest BCUT2D eigenvalue weighted by atomic mass is 9.66. The van der Waals surface area contributed by atoms with Crippen LogP contribution in [0.25, 0.3) is 32.7 Å². The Labute approximate surface area is 410 Å². The zero-order valence-electron chi connectivity index (χ0n) is 48.6. The highest BCUT2D eigenvalue weighted by molar-refractivity contribution is 6.20. The van der Waals surface area contributed by atoms with Gasteiger partial charge in [0.05, 0.1) is 19.1 Å². The first-order valence-corrected chi connectivity index (χ1v) is 22.9. The number of para-hydroxylation sites is 2. The quantitative estimate of drug-likeness (QED) is 0.140. The number of hydrogen-bond donors (Lipinski definition) is 0. The molecule has 0 aliphatic heterocycles. The van der Waals surface area contributed by atoms with Gasteiger partial charge in [-0.25, -0.2) is 0 Å². The highest BCUT2D eigenvalue weighted by Crippen LogP contribution is 2.61. The molecule has 2 heteroatoms. The van der Waals surface area contributed by atoms with E-state index in [0.29, 0.717) is 22.7 Å². The topological polar surface area (TPSA) is 6.48 Å². The van der Waals surface area contributed by atoms with E-state index in [4.69, 9.17) is 8.22 Å². The summed E-state index contributed by atoms with van der Waals surface area (Å²) in [6.45, 7) is 12.8. The van der Waals surface area contributed by atoms with E-state index in [1.165, 1.54) is 0 Å². The third kappa shape index (κ3) is 7.11. The molecule has 0 N–H and O–H groups in total. The van der Waals surface area contributed by atoms with Gasteiger partial charge in [0.25, 0.3) is 0 Å². The van der Waals surface area contributed by atoms with Crippen LogP contribution < -0.4 is 9.80 Å². The van der Waals surface area contributed by atoms with E-state index in [-0.39, 0.29) is 46.4 Å². The van der Waals surface area contributed by atoms with Gasteiger partial charge in [0.2, 0.25) is 0 Å². The third-order valence-corrected chi connectivity index (χ3v) is 13.4. The largest absolute Gasteiger partial charge is 0.310 e. The van der Waals surface area contributed by atoms with Gasteiger partial charge in [-0.05, 0) is 150 Å². The molecule has 0 amide bonds. The molecule has 0 heterocycles. The van der Waals surface area contributed by atoms with Crippen molar-refractivity contribution in [3.05, 3.63) is 264 Å². The summed E-state index contributed by atoms with van der Waals surface area (Å²) in [5.41, 5.74) is 9.16. The molecule has 326 valence electrons. The van der Waals surface area contributed by atoms with E-state index in [0.717, 1.165) is 66.1 Å². The van der Waals surface area contributed by atoms with Crippen LogP contribution in [-0.4, -0.2) is 0 Å². The fourth-order valence-electron chi connectivity index (χ4n) is 10.2. The Morgan fingerprint density at radius 2 is 0.806 bits per heavy atom. The third-order valence-electron chi connectivity index (χ3n) is 13.4. The predicted molar refractivity (Wildman–Crippen MR) is 286 cm³/mol. The Bertz CT molecular complexity index is 3900. The van der Waals surface area contributed by atoms with Crippen LogP contribution in [-0.2, 0) is 16.2 Å². The van der Waals surface area contributed by atoms with Crippen molar-refractivity contribution in [2.24, 2.45) is 0 Å². The van der Waals surface area contributed by atoms with Gasteiger partial charge in [0, 0.05) is 34.1 Å². The summed E-state index contributed by atoms with van der Waals surface area (Å²) in [6.07, 6.45) is 0. The van der Waals surface area contributed by atoms with Crippen molar-refractivity contribution in [1.82, 2.24) is 0 Å². The Hall–Kier alpha value is -7.68. The highest BCUT2D eigenvalue weighted by atomic mass is 15.1. The second kappa shape index (κ2) is 16.3. The maximum atomic E-state index is 9.37. The van der Waals surface area contributed by atoms with Gasteiger partial charge in [-0.2, -0.15) is 0 Å². The van der Waals surface area contributed by atoms with Crippen LogP contribution in [0.15, 0.2) is 230 Å². The summed E-state index contributed by atoms with van der Waals surface area (Å²) in [7, 11) is 0. The molecule has 0 radical (unpaired) electrons. The summed E-state index contributed by atoms with van der Waals surface area (Å²) >= 11 is 0. The number of nitrogens with zero attached hydrogens (tertiary/aromatic N) is 2. The molecular weight excluding hydrogens is 809 g/mol. The van der Waals surface area contributed by atoms with Crippen molar-refractivity contribution in [2.45, 2.75) is 57.8 Å². The maximum absolute atomic E-state index is 9.37. The summed E-state index contributed by atoms with van der Waals surface area (Å²) in [5.74, 6) is 0. The lowest BCUT2D eigenvalue weighted by Gasteiger charge is -2.36. The number of fused-ring (bicyclic) bond motifs is 8. The fourth-order valence-corrected chi connectivity index (χ4v) is 10.2. The second-order valence-electron chi connectivity index (χ2n) is 19.4. The van der Waals surface area contributed by atoms with E-state index in [2.05, 4.69) is 102 Å². The fraction of sp³-hybridized carbons (Fsp3) is 0.138. The van der Waals surface area contributed by atoms with E-state index < -0.39 is 41.7 Å². The molecule has 11 rings (SSSR count). The molecule has 0 aromatic heterocycles. The van der Waals surface area contributed by atoms with Crippen LogP contribution in [0, 0.1) is 0 Å². The molecule has 2 nitrogen and oxygen atoms in total. The summed E-state index contributed by atoms with van der Waals surface area (Å²) < 4.78 is 89.8. The van der Waals surface area contributed by atoms with Crippen molar-refractivity contribution in [3.63, 3.8) is 0 Å². The number of anilines is 6. The monoisotopic (exact) mass is 875 g/mol. The summed E-state index contributed by atoms with van der Waals surface area (Å²) in [5, 5.41) is 3.72. The van der Waals surface area contributed by atoms with Gasteiger partial charge in [-0.15, -0.1) is 0 Å². The van der Waals surface area contributed by atoms with Gasteiger partial charge in [-0.1, -0.05) is 199 Å². The number of rotatable bonds is 8. The lowest BCUT2D eigenvalue weighted by Crippen LogP contribution is -2.29. The second-order valence-corrected chi connectivity index (χ2v) is 19.4. The Kier molecular flexibility index (Phi) is 7.82. The molecule has 10 aromatic carbocycles. The van der Waals surface area contributed by atoms with Gasteiger partial charge in [0.1, 0.15) is 0 Å². The van der Waals surface area contributed by atoms with Crippen LogP contribution >= 0.6 is 0 Å². The SMILES string of the molecule is [2H]c1c([2H])c([2H])c(N(c2ccc(C(C)(C)C)cc2)c2ccc3c(c2)C(c2ccccc2)(c2ccccc2)c2c-3c3ccccc3c3cc(N(c4ccc(C(C)(C)C)cc4)c4c([2H])c([2H])c([2H])c([2H])c4[2H])ccc23)c([2H])c1[2H]. The van der Waals surface area contributed by atoms with Crippen molar-refractivity contribution >= 4 is 55.7 Å². The zero-order chi connectivity index (χ0) is 54.6. The highest BCUT2D eigenvalue weighted by Gasteiger charge is 2.48. The summed E-state index contributed by atoms with van der Waals surface area (Å²) in [4.78, 5) is 3.57. The molecule has 0 bridgehead atoms. The smallest absolute Gasteiger partial charge is 0.0720 e. The molecule has 0 spiro atoms. The van der Waals surface area contributed by atoms with Gasteiger partial charge in [0.15, 0.2) is 0 Å². The Balaban J connectivity index is 1.25. The molecular formula is C65H56N2. The van der Waals surface area contributed by atoms with Gasteiger partial charge < -0.3 is 9.80 Å². The first kappa shape index (κ1) is 32.1. The first-order valence-electron chi connectivity index (χ1n) is 27.9. The lowest BCUT2D eigenvalue weighted by molar-refractivity contribution is 0.590. The molecule has 0 saturated carbocycles. The first-order chi connectivity index (χ1) is 36.7. The van der Waals surface area contributed by atoms with Crippen molar-refractivity contribution in [2.75, 3.05) is 9.80 Å². The predicted octanol–water partition coefficient (Wildman–Crippen LogP) is 17.9. The van der Waals surface area contributed by atoms with Crippen molar-refractivity contribution in [3.8, 4) is 11.1 Å². The number of hydrogen-bond acceptors (Lipinski definition) is 2. The minimum atomic E-state index is -1.02. The molecule has 1 aliphatic carbocycles. The average Bonchev–Trinajstić information content (AvgIpc) is 4.00. The molecule has 0 saturated heterocycles. The van der Waals surface area contributed by atoms with Crippen LogP contribution in [0.3, 0.4) is 0 Å². The molecule has 0 atom stereocenters. The maximum Gasteiger partial charge on any atom is 0.0720 e. The van der Waals surface area contributed by atoms with E-state index in [1.807, 2.05) is 109 Å². The molecule has 0 unspecified atom stereocenters. The van der Waals surface area contributed by atoms with E-state index >= 15 is 0 Å². The van der Waals surface area contributed by atoms with Crippen molar-refractivity contribution < 1.29 is 13.7 Å². The Morgan fingerprint density at radius 1 is 0.373 bits per heavy atom. The number of benzene rings is 10. The van der Waals surface area contributed by atoms with Crippen LogP contribution in [0.1, 0.15) is 88.6 Å². The average molecular weight is 875 g/mol. The summed E-state index contributed by atoms with van der Waals surface area (Å²) in [6, 6.07) is 53.4. The van der Waals surface area contributed by atoms with E-state index in [1.54, 1.807) is 9.80 Å². The van der Waals surface area contributed by atoms with Crippen LogP contribution in [0.2, 0.25) is 0 Å². The minimum Gasteiger partial charge on any atom is -0.310 e. The molecule has 1 aliphatic rings. The molecule has 67 heavy (non-hydrogen) atoms. The van der Waals surface area contributed by atoms with Gasteiger partial charge in [-0.3, -0.25) is 0 Å². The van der Waals surface area contributed by atoms with Gasteiger partial charge >= 0.3 is 0 Å². The van der Waals surface area contributed by atoms with Crippen LogP contribution in [0.4, 0.5) is 34.1 Å². The van der Waals surface area contributed by atoms with Crippen molar-refractivity contribution in [1.29, 1.82) is 0 Å². The molecule has 0 fully saturated rings. The normalized spacial score (nSPS) is 15.1. The van der Waals surface area contributed by atoms with Crippen LogP contribution in [0.5, 0.6) is 0 Å².